The van der Waals surface area contributed by atoms with Crippen LogP contribution in [0.4, 0.5) is 4.39 Å². The molecule has 26 heavy (non-hydrogen) atoms. The molecule has 5 nitrogen and oxygen atoms in total. The molecule has 0 radical (unpaired) electrons. The Hall–Kier alpha value is -2.21. The molecule has 2 fully saturated rings. The molecular formula is C20H23FN2O3. The first-order chi connectivity index (χ1) is 12.4. The van der Waals surface area contributed by atoms with Gasteiger partial charge in [0.1, 0.15) is 11.4 Å². The second kappa shape index (κ2) is 6.20. The van der Waals surface area contributed by atoms with E-state index in [4.69, 9.17) is 5.73 Å². The summed E-state index contributed by atoms with van der Waals surface area (Å²) in [6.45, 7) is 2.47. The van der Waals surface area contributed by atoms with E-state index in [1.807, 2.05) is 6.92 Å². The number of fused-ring (bicyclic) bond motifs is 1. The smallest absolute Gasteiger partial charge is 0.341 e. The van der Waals surface area contributed by atoms with Gasteiger partial charge in [0.2, 0.25) is 0 Å². The van der Waals surface area contributed by atoms with Gasteiger partial charge in [-0.15, -0.1) is 0 Å². The van der Waals surface area contributed by atoms with Crippen LogP contribution in [0.15, 0.2) is 17.1 Å². The van der Waals surface area contributed by atoms with Crippen molar-refractivity contribution in [3.05, 3.63) is 50.7 Å². The Morgan fingerprint density at radius 3 is 2.58 bits per heavy atom. The average Bonchev–Trinajstić information content (AvgIpc) is 3.33. The van der Waals surface area contributed by atoms with Crippen LogP contribution < -0.4 is 11.3 Å². The van der Waals surface area contributed by atoms with Gasteiger partial charge in [0.05, 0.1) is 5.52 Å². The van der Waals surface area contributed by atoms with Gasteiger partial charge in [-0.3, -0.25) is 9.20 Å². The van der Waals surface area contributed by atoms with Crippen LogP contribution in [0.5, 0.6) is 0 Å². The lowest BCUT2D eigenvalue weighted by atomic mass is 9.90. The number of hydrogen-bond acceptors (Lipinski definition) is 3. The van der Waals surface area contributed by atoms with Crippen LogP contribution >= 0.6 is 0 Å². The number of aryl methyl sites for hydroxylation is 1. The zero-order chi connectivity index (χ0) is 18.6. The van der Waals surface area contributed by atoms with Crippen molar-refractivity contribution in [1.29, 1.82) is 0 Å². The van der Waals surface area contributed by atoms with Crippen LogP contribution in [0.25, 0.3) is 5.52 Å². The molecule has 2 atom stereocenters. The van der Waals surface area contributed by atoms with E-state index in [2.05, 4.69) is 0 Å². The first-order valence-corrected chi connectivity index (χ1v) is 9.24. The number of rotatable bonds is 4. The molecule has 0 aliphatic heterocycles. The molecule has 0 amide bonds. The van der Waals surface area contributed by atoms with E-state index in [1.54, 1.807) is 0 Å². The number of nitrogens with zero attached hydrogens (tertiary/aromatic N) is 1. The van der Waals surface area contributed by atoms with Crippen molar-refractivity contribution < 1.29 is 14.3 Å². The van der Waals surface area contributed by atoms with Crippen molar-refractivity contribution in [2.75, 3.05) is 6.54 Å². The molecule has 0 bridgehead atoms. The van der Waals surface area contributed by atoms with Gasteiger partial charge < -0.3 is 10.8 Å². The summed E-state index contributed by atoms with van der Waals surface area (Å²) in [6, 6.07) is 1.50. The number of carboxylic acid groups (broad SMARTS) is 1. The topological polar surface area (TPSA) is 84.8 Å². The van der Waals surface area contributed by atoms with Gasteiger partial charge in [-0.1, -0.05) is 0 Å². The molecule has 2 saturated carbocycles. The van der Waals surface area contributed by atoms with Gasteiger partial charge in [0.25, 0.3) is 5.56 Å². The Morgan fingerprint density at radius 1 is 1.31 bits per heavy atom. The summed E-state index contributed by atoms with van der Waals surface area (Å²) in [6.07, 6.45) is 5.88. The Labute approximate surface area is 150 Å². The predicted octanol–water partition coefficient (Wildman–Crippen LogP) is 3.17. The summed E-state index contributed by atoms with van der Waals surface area (Å²) in [5.74, 6) is -0.926. The van der Waals surface area contributed by atoms with Crippen LogP contribution in [0, 0.1) is 18.7 Å². The van der Waals surface area contributed by atoms with Crippen molar-refractivity contribution in [3.63, 3.8) is 0 Å². The third-order valence-electron chi connectivity index (χ3n) is 6.05. The van der Waals surface area contributed by atoms with Crippen molar-refractivity contribution in [3.8, 4) is 0 Å². The number of carbonyl (C=O) groups is 1. The van der Waals surface area contributed by atoms with E-state index in [0.29, 0.717) is 23.5 Å². The highest BCUT2D eigenvalue weighted by Gasteiger charge is 2.33. The van der Waals surface area contributed by atoms with E-state index in [0.717, 1.165) is 43.2 Å². The van der Waals surface area contributed by atoms with Crippen LogP contribution in [-0.2, 0) is 0 Å². The highest BCUT2D eigenvalue weighted by Crippen LogP contribution is 2.45. The fraction of sp³-hybridized carbons (Fsp3) is 0.500. The van der Waals surface area contributed by atoms with Crippen LogP contribution in [-0.4, -0.2) is 22.0 Å². The molecule has 4 rings (SSSR count). The number of aromatic nitrogens is 1. The van der Waals surface area contributed by atoms with Gasteiger partial charge in [-0.05, 0) is 86.1 Å². The van der Waals surface area contributed by atoms with Crippen LogP contribution in [0.2, 0.25) is 0 Å². The van der Waals surface area contributed by atoms with Gasteiger partial charge >= 0.3 is 5.97 Å². The molecule has 0 aromatic carbocycles. The molecule has 2 unspecified atom stereocenters. The normalized spacial score (nSPS) is 22.9. The minimum Gasteiger partial charge on any atom is -0.477 e. The maximum absolute atomic E-state index is 15.0. The number of halogens is 1. The highest BCUT2D eigenvalue weighted by atomic mass is 19.1. The maximum Gasteiger partial charge on any atom is 0.341 e. The second-order valence-electron chi connectivity index (χ2n) is 7.74. The molecule has 2 aromatic heterocycles. The van der Waals surface area contributed by atoms with E-state index in [9.17, 15) is 19.1 Å². The molecule has 6 heteroatoms. The lowest BCUT2D eigenvalue weighted by Gasteiger charge is -2.20. The number of pyridine rings is 2. The Bertz CT molecular complexity index is 962. The van der Waals surface area contributed by atoms with Crippen molar-refractivity contribution in [1.82, 2.24) is 4.40 Å². The zero-order valence-corrected chi connectivity index (χ0v) is 14.8. The largest absolute Gasteiger partial charge is 0.477 e. The number of aromatic carboxylic acids is 1. The van der Waals surface area contributed by atoms with Crippen LogP contribution in [0.3, 0.4) is 0 Å². The van der Waals surface area contributed by atoms with E-state index < -0.39 is 17.3 Å². The molecule has 0 spiro atoms. The fourth-order valence-electron chi connectivity index (χ4n) is 4.58. The summed E-state index contributed by atoms with van der Waals surface area (Å²) in [4.78, 5) is 24.1. The van der Waals surface area contributed by atoms with Gasteiger partial charge in [-0.2, -0.15) is 0 Å². The summed E-state index contributed by atoms with van der Waals surface area (Å²) in [7, 11) is 0. The quantitative estimate of drug-likeness (QED) is 0.879. The van der Waals surface area contributed by atoms with Gasteiger partial charge in [0, 0.05) is 6.20 Å². The standard InChI is InChI=1S/C20H23FN2O3/c1-10-17(13-3-2-11(6-13)8-22)16(21)9-23-18(10)14(12-4-5-12)7-15(19(23)24)20(25)26/h7,9,11-13H,2-6,8,22H2,1H3,(H,25,26). The lowest BCUT2D eigenvalue weighted by molar-refractivity contribution is 0.0694. The molecule has 0 saturated heterocycles. The minimum atomic E-state index is -1.27. The number of carboxylic acids is 1. The lowest BCUT2D eigenvalue weighted by Crippen LogP contribution is -2.24. The van der Waals surface area contributed by atoms with E-state index in [-0.39, 0.29) is 17.4 Å². The molecule has 2 aliphatic carbocycles. The first kappa shape index (κ1) is 17.2. The monoisotopic (exact) mass is 358 g/mol. The Kier molecular flexibility index (Phi) is 4.10. The molecule has 138 valence electrons. The number of hydrogen-bond donors (Lipinski definition) is 2. The molecule has 2 heterocycles. The average molecular weight is 358 g/mol. The van der Waals surface area contributed by atoms with Crippen LogP contribution in [0.1, 0.15) is 71.0 Å². The molecule has 2 aromatic rings. The fourth-order valence-corrected chi connectivity index (χ4v) is 4.58. The van der Waals surface area contributed by atoms with Gasteiger partial charge in [-0.25, -0.2) is 9.18 Å². The van der Waals surface area contributed by atoms with Gasteiger partial charge in [0.15, 0.2) is 0 Å². The zero-order valence-electron chi connectivity index (χ0n) is 14.8. The maximum atomic E-state index is 15.0. The SMILES string of the molecule is Cc1c(C2CCC(CN)C2)c(F)cn2c(=O)c(C(=O)O)cc(C3CC3)c12. The second-order valence-corrected chi connectivity index (χ2v) is 7.74. The van der Waals surface area contributed by atoms with E-state index in [1.165, 1.54) is 16.7 Å². The third-order valence-corrected chi connectivity index (χ3v) is 6.05. The molecular weight excluding hydrogens is 335 g/mol. The first-order valence-electron chi connectivity index (χ1n) is 9.24. The Morgan fingerprint density at radius 2 is 2.00 bits per heavy atom. The summed E-state index contributed by atoms with van der Waals surface area (Å²) in [5.41, 5.74) is 7.81. The summed E-state index contributed by atoms with van der Waals surface area (Å²) < 4.78 is 16.2. The summed E-state index contributed by atoms with van der Waals surface area (Å²) >= 11 is 0. The Balaban J connectivity index is 1.97. The molecule has 2 aliphatic rings. The number of nitrogens with two attached hydrogens (primary N) is 1. The third kappa shape index (κ3) is 2.63. The molecule has 3 N–H and O–H groups in total. The predicted molar refractivity (Wildman–Crippen MR) is 96.4 cm³/mol. The summed E-state index contributed by atoms with van der Waals surface area (Å²) in [5, 5.41) is 9.35. The minimum absolute atomic E-state index is 0.106. The van der Waals surface area contributed by atoms with E-state index >= 15 is 0 Å². The van der Waals surface area contributed by atoms with Crippen molar-refractivity contribution in [2.45, 2.75) is 50.9 Å². The highest BCUT2D eigenvalue weighted by molar-refractivity contribution is 5.88. The van der Waals surface area contributed by atoms with Crippen molar-refractivity contribution >= 4 is 11.5 Å². The van der Waals surface area contributed by atoms with Crippen molar-refractivity contribution in [2.24, 2.45) is 11.7 Å².